The van der Waals surface area contributed by atoms with Crippen LogP contribution in [0, 0.1) is 17.8 Å². The third kappa shape index (κ3) is 2.78. The first-order valence-electron chi connectivity index (χ1n) is 6.99. The Morgan fingerprint density at radius 3 is 2.50 bits per heavy atom. The highest BCUT2D eigenvalue weighted by atomic mass is 16.7. The standard InChI is InChI=1S/C14H26O2/c1-3-16-14(15-2)13-9-8-11-6-4-5-7-12(11)10-13/h11-14H,3-10H2,1-2H3. The fourth-order valence-corrected chi connectivity index (χ4v) is 3.72. The van der Waals surface area contributed by atoms with Gasteiger partial charge >= 0.3 is 0 Å². The Labute approximate surface area is 99.7 Å². The van der Waals surface area contributed by atoms with Crippen LogP contribution in [0.25, 0.3) is 0 Å². The van der Waals surface area contributed by atoms with Crippen molar-refractivity contribution in [1.82, 2.24) is 0 Å². The van der Waals surface area contributed by atoms with Crippen molar-refractivity contribution in [2.45, 2.75) is 58.2 Å². The molecule has 0 aliphatic heterocycles. The molecule has 2 rings (SSSR count). The summed E-state index contributed by atoms with van der Waals surface area (Å²) in [6, 6.07) is 0. The molecule has 0 N–H and O–H groups in total. The Hall–Kier alpha value is -0.0800. The molecule has 2 fully saturated rings. The maximum Gasteiger partial charge on any atom is 0.159 e. The molecule has 0 spiro atoms. The maximum absolute atomic E-state index is 5.69. The molecule has 94 valence electrons. The van der Waals surface area contributed by atoms with Crippen molar-refractivity contribution < 1.29 is 9.47 Å². The van der Waals surface area contributed by atoms with Gasteiger partial charge in [0.2, 0.25) is 0 Å². The van der Waals surface area contributed by atoms with Crippen molar-refractivity contribution in [2.75, 3.05) is 13.7 Å². The quantitative estimate of drug-likeness (QED) is 0.682. The first kappa shape index (κ1) is 12.4. The van der Waals surface area contributed by atoms with E-state index < -0.39 is 0 Å². The van der Waals surface area contributed by atoms with E-state index in [1.165, 1.54) is 44.9 Å². The summed E-state index contributed by atoms with van der Waals surface area (Å²) in [5.74, 6) is 2.62. The Bertz CT molecular complexity index is 205. The Morgan fingerprint density at radius 1 is 1.06 bits per heavy atom. The summed E-state index contributed by atoms with van der Waals surface area (Å²) in [6.07, 6.45) is 9.93. The summed E-state index contributed by atoms with van der Waals surface area (Å²) in [5.41, 5.74) is 0. The van der Waals surface area contributed by atoms with Gasteiger partial charge in [-0.05, 0) is 38.0 Å². The van der Waals surface area contributed by atoms with Crippen molar-refractivity contribution in [3.63, 3.8) is 0 Å². The second-order valence-electron chi connectivity index (χ2n) is 5.44. The molecule has 0 heterocycles. The monoisotopic (exact) mass is 226 g/mol. The molecule has 0 saturated heterocycles. The first-order valence-corrected chi connectivity index (χ1v) is 6.99. The average Bonchev–Trinajstić information content (AvgIpc) is 2.35. The van der Waals surface area contributed by atoms with E-state index in [4.69, 9.17) is 9.47 Å². The smallest absolute Gasteiger partial charge is 0.159 e. The van der Waals surface area contributed by atoms with E-state index in [-0.39, 0.29) is 6.29 Å². The van der Waals surface area contributed by atoms with E-state index >= 15 is 0 Å². The van der Waals surface area contributed by atoms with Gasteiger partial charge in [0.1, 0.15) is 0 Å². The molecule has 4 unspecified atom stereocenters. The highest BCUT2D eigenvalue weighted by Crippen LogP contribution is 2.44. The van der Waals surface area contributed by atoms with Crippen LogP contribution < -0.4 is 0 Å². The summed E-state index contributed by atoms with van der Waals surface area (Å²) >= 11 is 0. The summed E-state index contributed by atoms with van der Waals surface area (Å²) < 4.78 is 11.2. The molecule has 0 amide bonds. The van der Waals surface area contributed by atoms with Crippen molar-refractivity contribution >= 4 is 0 Å². The lowest BCUT2D eigenvalue weighted by Gasteiger charge is -2.41. The summed E-state index contributed by atoms with van der Waals surface area (Å²) in [5, 5.41) is 0. The van der Waals surface area contributed by atoms with Crippen molar-refractivity contribution in [3.05, 3.63) is 0 Å². The Kier molecular flexibility index (Phi) is 4.66. The molecule has 0 aromatic carbocycles. The van der Waals surface area contributed by atoms with E-state index in [2.05, 4.69) is 6.92 Å². The van der Waals surface area contributed by atoms with Crippen LogP contribution in [-0.2, 0) is 9.47 Å². The van der Waals surface area contributed by atoms with Gasteiger partial charge in [0.25, 0.3) is 0 Å². The zero-order valence-corrected chi connectivity index (χ0v) is 10.8. The Balaban J connectivity index is 1.88. The zero-order valence-electron chi connectivity index (χ0n) is 10.8. The van der Waals surface area contributed by atoms with E-state index in [9.17, 15) is 0 Å². The summed E-state index contributed by atoms with van der Waals surface area (Å²) in [6.45, 7) is 2.82. The van der Waals surface area contributed by atoms with Gasteiger partial charge in [-0.1, -0.05) is 25.7 Å². The number of hydrogen-bond donors (Lipinski definition) is 0. The third-order valence-corrected chi connectivity index (χ3v) is 4.53. The number of ether oxygens (including phenoxy) is 2. The van der Waals surface area contributed by atoms with E-state index in [0.717, 1.165) is 18.4 Å². The van der Waals surface area contributed by atoms with Crippen LogP contribution >= 0.6 is 0 Å². The van der Waals surface area contributed by atoms with Gasteiger partial charge in [0.05, 0.1) is 0 Å². The van der Waals surface area contributed by atoms with E-state index in [1.807, 2.05) is 0 Å². The average molecular weight is 226 g/mol. The number of rotatable bonds is 4. The van der Waals surface area contributed by atoms with Crippen LogP contribution in [0.15, 0.2) is 0 Å². The molecule has 4 atom stereocenters. The lowest BCUT2D eigenvalue weighted by Crippen LogP contribution is -2.35. The van der Waals surface area contributed by atoms with E-state index in [1.54, 1.807) is 7.11 Å². The lowest BCUT2D eigenvalue weighted by molar-refractivity contribution is -0.166. The van der Waals surface area contributed by atoms with Crippen LogP contribution in [0.4, 0.5) is 0 Å². The van der Waals surface area contributed by atoms with E-state index in [0.29, 0.717) is 5.92 Å². The van der Waals surface area contributed by atoms with Gasteiger partial charge in [-0.15, -0.1) is 0 Å². The topological polar surface area (TPSA) is 18.5 Å². The minimum Gasteiger partial charge on any atom is -0.356 e. The van der Waals surface area contributed by atoms with Crippen LogP contribution in [0.2, 0.25) is 0 Å². The molecule has 0 bridgehead atoms. The molecule has 0 radical (unpaired) electrons. The van der Waals surface area contributed by atoms with Crippen LogP contribution in [0.1, 0.15) is 51.9 Å². The second-order valence-corrected chi connectivity index (χ2v) is 5.44. The van der Waals surface area contributed by atoms with Gasteiger partial charge in [0.15, 0.2) is 6.29 Å². The predicted octanol–water partition coefficient (Wildman–Crippen LogP) is 3.60. The van der Waals surface area contributed by atoms with Crippen LogP contribution in [0.5, 0.6) is 0 Å². The number of methoxy groups -OCH3 is 1. The van der Waals surface area contributed by atoms with Gasteiger partial charge in [0, 0.05) is 19.6 Å². The molecule has 2 nitrogen and oxygen atoms in total. The normalized spacial score (nSPS) is 36.8. The summed E-state index contributed by atoms with van der Waals surface area (Å²) in [4.78, 5) is 0. The van der Waals surface area contributed by atoms with Crippen LogP contribution in [-0.4, -0.2) is 20.0 Å². The van der Waals surface area contributed by atoms with Gasteiger partial charge < -0.3 is 9.47 Å². The first-order chi connectivity index (χ1) is 7.85. The molecule has 2 saturated carbocycles. The minimum absolute atomic E-state index is 0.0490. The molecule has 16 heavy (non-hydrogen) atoms. The highest BCUT2D eigenvalue weighted by molar-refractivity contribution is 4.84. The summed E-state index contributed by atoms with van der Waals surface area (Å²) in [7, 11) is 1.79. The number of hydrogen-bond acceptors (Lipinski definition) is 2. The lowest BCUT2D eigenvalue weighted by atomic mass is 9.67. The highest BCUT2D eigenvalue weighted by Gasteiger charge is 2.35. The van der Waals surface area contributed by atoms with Crippen LogP contribution in [0.3, 0.4) is 0 Å². The maximum atomic E-state index is 5.69. The molecular formula is C14H26O2. The fourth-order valence-electron chi connectivity index (χ4n) is 3.72. The molecule has 2 heteroatoms. The van der Waals surface area contributed by atoms with Gasteiger partial charge in [-0.2, -0.15) is 0 Å². The molecule has 2 aliphatic rings. The Morgan fingerprint density at radius 2 is 1.81 bits per heavy atom. The molecule has 0 aromatic heterocycles. The largest absolute Gasteiger partial charge is 0.356 e. The minimum atomic E-state index is 0.0490. The van der Waals surface area contributed by atoms with Crippen molar-refractivity contribution in [2.24, 2.45) is 17.8 Å². The van der Waals surface area contributed by atoms with Crippen molar-refractivity contribution in [1.29, 1.82) is 0 Å². The fraction of sp³-hybridized carbons (Fsp3) is 1.00. The van der Waals surface area contributed by atoms with Gasteiger partial charge in [-0.25, -0.2) is 0 Å². The molecular weight excluding hydrogens is 200 g/mol. The van der Waals surface area contributed by atoms with Gasteiger partial charge in [-0.3, -0.25) is 0 Å². The number of fused-ring (bicyclic) bond motifs is 1. The predicted molar refractivity (Wildman–Crippen MR) is 65.2 cm³/mol. The second kappa shape index (κ2) is 6.02. The zero-order chi connectivity index (χ0) is 11.4. The SMILES string of the molecule is CCOC(OC)C1CCC2CCCCC2C1. The van der Waals surface area contributed by atoms with Crippen molar-refractivity contribution in [3.8, 4) is 0 Å². The molecule has 0 aromatic rings. The molecule has 2 aliphatic carbocycles. The third-order valence-electron chi connectivity index (χ3n) is 4.53.